The van der Waals surface area contributed by atoms with Crippen LogP contribution in [0.3, 0.4) is 0 Å². The quantitative estimate of drug-likeness (QED) is 0.902. The van der Waals surface area contributed by atoms with Crippen LogP contribution in [0.4, 0.5) is 0 Å². The molecule has 1 saturated carbocycles. The van der Waals surface area contributed by atoms with Crippen LogP contribution in [0.2, 0.25) is 0 Å². The third-order valence-corrected chi connectivity index (χ3v) is 5.80. The highest BCUT2D eigenvalue weighted by Crippen LogP contribution is 2.22. The topological polar surface area (TPSA) is 66.4 Å². The second-order valence-electron chi connectivity index (χ2n) is 6.06. The van der Waals surface area contributed by atoms with Gasteiger partial charge in [0.15, 0.2) is 0 Å². The van der Waals surface area contributed by atoms with E-state index in [0.717, 1.165) is 36.8 Å². The van der Waals surface area contributed by atoms with E-state index in [0.29, 0.717) is 17.7 Å². The van der Waals surface area contributed by atoms with E-state index < -0.39 is 16.1 Å². The van der Waals surface area contributed by atoms with Gasteiger partial charge in [0.05, 0.1) is 11.0 Å². The molecule has 2 atom stereocenters. The van der Waals surface area contributed by atoms with Crippen LogP contribution in [-0.2, 0) is 10.0 Å². The van der Waals surface area contributed by atoms with E-state index in [-0.39, 0.29) is 6.04 Å². The van der Waals surface area contributed by atoms with Crippen LogP contribution in [-0.4, -0.2) is 25.7 Å². The number of hydrogen-bond acceptors (Lipinski definition) is 3. The van der Waals surface area contributed by atoms with Crippen LogP contribution in [0.5, 0.6) is 0 Å². The molecule has 5 heteroatoms. The molecule has 2 N–H and O–H groups in total. The summed E-state index contributed by atoms with van der Waals surface area (Å²) in [4.78, 5) is 0.316. The minimum Gasteiger partial charge on any atom is -0.391 e. The van der Waals surface area contributed by atoms with Crippen LogP contribution >= 0.6 is 0 Å². The van der Waals surface area contributed by atoms with Gasteiger partial charge in [-0.2, -0.15) is 0 Å². The van der Waals surface area contributed by atoms with Crippen LogP contribution in [0.25, 0.3) is 0 Å². The molecule has 0 aliphatic heterocycles. The Morgan fingerprint density at radius 1 is 1.10 bits per heavy atom. The van der Waals surface area contributed by atoms with E-state index in [2.05, 4.69) is 4.72 Å². The lowest BCUT2D eigenvalue weighted by atomic mass is 9.95. The average molecular weight is 311 g/mol. The molecule has 0 heterocycles. The summed E-state index contributed by atoms with van der Waals surface area (Å²) in [6.07, 6.45) is 4.91. The molecule has 1 aliphatic carbocycles. The third kappa shape index (κ3) is 4.28. The molecule has 0 amide bonds. The number of nitrogens with one attached hydrogen (secondary N) is 1. The summed E-state index contributed by atoms with van der Waals surface area (Å²) < 4.78 is 27.9. The molecular weight excluding hydrogens is 286 g/mol. The molecule has 1 fully saturated rings. The van der Waals surface area contributed by atoms with Crippen molar-refractivity contribution < 1.29 is 13.5 Å². The number of aryl methyl sites for hydroxylation is 2. The number of aliphatic hydroxyl groups is 1. The first kappa shape index (κ1) is 16.5. The maximum atomic E-state index is 12.6. The van der Waals surface area contributed by atoms with Crippen molar-refractivity contribution in [3.8, 4) is 0 Å². The summed E-state index contributed by atoms with van der Waals surface area (Å²) in [5, 5.41) is 10.2. The number of sulfonamides is 1. The normalized spacial score (nSPS) is 24.3. The minimum absolute atomic E-state index is 0.316. The van der Waals surface area contributed by atoms with Gasteiger partial charge >= 0.3 is 0 Å². The Bertz CT molecular complexity index is 583. The number of rotatable bonds is 3. The van der Waals surface area contributed by atoms with Gasteiger partial charge in [-0.1, -0.05) is 37.8 Å². The SMILES string of the molecule is Cc1ccc(C)c(S(=O)(=O)N[C@H]2CCCCCC[C@@H]2O)c1. The van der Waals surface area contributed by atoms with E-state index in [4.69, 9.17) is 0 Å². The number of aliphatic hydroxyl groups excluding tert-OH is 1. The lowest BCUT2D eigenvalue weighted by Gasteiger charge is -2.26. The van der Waals surface area contributed by atoms with E-state index in [1.54, 1.807) is 13.0 Å². The van der Waals surface area contributed by atoms with Crippen molar-refractivity contribution >= 4 is 10.0 Å². The van der Waals surface area contributed by atoms with Gasteiger partial charge in [0.2, 0.25) is 10.0 Å². The predicted octanol–water partition coefficient (Wildman–Crippen LogP) is 2.67. The van der Waals surface area contributed by atoms with Crippen molar-refractivity contribution in [2.75, 3.05) is 0 Å². The molecule has 21 heavy (non-hydrogen) atoms. The molecule has 0 unspecified atom stereocenters. The zero-order valence-electron chi connectivity index (χ0n) is 12.8. The summed E-state index contributed by atoms with van der Waals surface area (Å²) in [5.41, 5.74) is 1.65. The molecule has 0 radical (unpaired) electrons. The Labute approximate surface area is 127 Å². The highest BCUT2D eigenvalue weighted by molar-refractivity contribution is 7.89. The van der Waals surface area contributed by atoms with Crippen molar-refractivity contribution in [3.05, 3.63) is 29.3 Å². The summed E-state index contributed by atoms with van der Waals surface area (Å²) in [7, 11) is -3.58. The van der Waals surface area contributed by atoms with Crippen LogP contribution in [0, 0.1) is 13.8 Å². The lowest BCUT2D eigenvalue weighted by Crippen LogP contribution is -2.43. The van der Waals surface area contributed by atoms with Gasteiger partial charge in [-0.15, -0.1) is 0 Å². The zero-order chi connectivity index (χ0) is 15.5. The second kappa shape index (κ2) is 6.90. The van der Waals surface area contributed by atoms with E-state index in [1.165, 1.54) is 0 Å². The van der Waals surface area contributed by atoms with Gasteiger partial charge in [-0.3, -0.25) is 0 Å². The summed E-state index contributed by atoms with van der Waals surface area (Å²) in [6, 6.07) is 5.03. The smallest absolute Gasteiger partial charge is 0.241 e. The Morgan fingerprint density at radius 2 is 1.76 bits per heavy atom. The molecule has 4 nitrogen and oxygen atoms in total. The summed E-state index contributed by atoms with van der Waals surface area (Å²) in [6.45, 7) is 3.67. The maximum absolute atomic E-state index is 12.6. The Kier molecular flexibility index (Phi) is 5.41. The van der Waals surface area contributed by atoms with E-state index >= 15 is 0 Å². The fourth-order valence-corrected chi connectivity index (χ4v) is 4.50. The van der Waals surface area contributed by atoms with Crippen LogP contribution in [0.1, 0.15) is 49.7 Å². The fraction of sp³-hybridized carbons (Fsp3) is 0.625. The van der Waals surface area contributed by atoms with Crippen molar-refractivity contribution in [3.63, 3.8) is 0 Å². The largest absolute Gasteiger partial charge is 0.391 e. The first-order valence-electron chi connectivity index (χ1n) is 7.68. The number of benzene rings is 1. The molecule has 0 bridgehead atoms. The molecule has 0 saturated heterocycles. The molecule has 2 rings (SSSR count). The molecular formula is C16H25NO3S. The number of hydrogen-bond donors (Lipinski definition) is 2. The maximum Gasteiger partial charge on any atom is 0.241 e. The molecule has 1 aromatic rings. The van der Waals surface area contributed by atoms with Gasteiger partial charge in [0, 0.05) is 6.04 Å². The first-order valence-corrected chi connectivity index (χ1v) is 9.16. The third-order valence-electron chi connectivity index (χ3n) is 4.17. The minimum atomic E-state index is -3.58. The Morgan fingerprint density at radius 3 is 2.48 bits per heavy atom. The Hall–Kier alpha value is -0.910. The standard InChI is InChI=1S/C16H25NO3S/c1-12-9-10-13(2)16(11-12)21(19,20)17-14-7-5-3-4-6-8-15(14)18/h9-11,14-15,17-18H,3-8H2,1-2H3/t14-,15-/m0/s1. The molecule has 118 valence electrons. The van der Waals surface area contributed by atoms with Crippen LogP contribution in [0.15, 0.2) is 23.1 Å². The molecule has 1 aliphatic rings. The van der Waals surface area contributed by atoms with E-state index in [9.17, 15) is 13.5 Å². The molecule has 1 aromatic carbocycles. The Balaban J connectivity index is 2.21. The highest BCUT2D eigenvalue weighted by Gasteiger charge is 2.27. The fourth-order valence-electron chi connectivity index (χ4n) is 2.86. The van der Waals surface area contributed by atoms with Crippen LogP contribution < -0.4 is 4.72 Å². The summed E-state index contributed by atoms with van der Waals surface area (Å²) >= 11 is 0. The van der Waals surface area contributed by atoms with Gasteiger partial charge in [-0.05, 0) is 43.9 Å². The monoisotopic (exact) mass is 311 g/mol. The highest BCUT2D eigenvalue weighted by atomic mass is 32.2. The lowest BCUT2D eigenvalue weighted by molar-refractivity contribution is 0.114. The molecule has 0 spiro atoms. The van der Waals surface area contributed by atoms with Gasteiger partial charge in [0.25, 0.3) is 0 Å². The second-order valence-corrected chi connectivity index (χ2v) is 7.74. The summed E-state index contributed by atoms with van der Waals surface area (Å²) in [5.74, 6) is 0. The average Bonchev–Trinajstić information content (AvgIpc) is 2.41. The van der Waals surface area contributed by atoms with Gasteiger partial charge in [0.1, 0.15) is 0 Å². The van der Waals surface area contributed by atoms with Gasteiger partial charge in [-0.25, -0.2) is 13.1 Å². The van der Waals surface area contributed by atoms with Crippen molar-refractivity contribution in [1.82, 2.24) is 4.72 Å². The van der Waals surface area contributed by atoms with Gasteiger partial charge < -0.3 is 5.11 Å². The van der Waals surface area contributed by atoms with Crippen molar-refractivity contribution in [2.45, 2.75) is 69.4 Å². The zero-order valence-corrected chi connectivity index (χ0v) is 13.6. The molecule has 0 aromatic heterocycles. The first-order chi connectivity index (χ1) is 9.90. The predicted molar refractivity (Wildman–Crippen MR) is 83.7 cm³/mol. The van der Waals surface area contributed by atoms with Crippen molar-refractivity contribution in [2.24, 2.45) is 0 Å². The van der Waals surface area contributed by atoms with E-state index in [1.807, 2.05) is 19.1 Å². The van der Waals surface area contributed by atoms with Crippen molar-refractivity contribution in [1.29, 1.82) is 0 Å².